The number of aromatic amines is 1. The minimum atomic E-state index is -0.786. The molecule has 0 spiro atoms. The number of pyridine rings is 1. The van der Waals surface area contributed by atoms with Crippen LogP contribution in [0.4, 0.5) is 10.2 Å². The average molecular weight is 409 g/mol. The summed E-state index contributed by atoms with van der Waals surface area (Å²) in [7, 11) is 0. The number of H-pyrrole nitrogens is 1. The first-order chi connectivity index (χ1) is 14.2. The summed E-state index contributed by atoms with van der Waals surface area (Å²) in [6.07, 6.45) is 0. The van der Waals surface area contributed by atoms with Gasteiger partial charge in [-0.15, -0.1) is 0 Å². The van der Waals surface area contributed by atoms with Crippen LogP contribution in [0.2, 0.25) is 0 Å². The average Bonchev–Trinajstić information content (AvgIpc) is 2.63. The first-order valence-corrected chi connectivity index (χ1v) is 9.16. The van der Waals surface area contributed by atoms with Crippen molar-refractivity contribution in [3.05, 3.63) is 79.4 Å². The number of nitrogens with one attached hydrogen (secondary N) is 1. The zero-order valence-corrected chi connectivity index (χ0v) is 16.7. The number of anilines is 1. The summed E-state index contributed by atoms with van der Waals surface area (Å²) in [6.45, 7) is 5.26. The van der Waals surface area contributed by atoms with Crippen molar-refractivity contribution >= 4 is 5.82 Å². The Labute approximate surface area is 171 Å². The molecule has 0 aliphatic rings. The highest BCUT2D eigenvalue weighted by Crippen LogP contribution is 2.29. The molecule has 0 radical (unpaired) electrons. The molecule has 0 aliphatic heterocycles. The summed E-state index contributed by atoms with van der Waals surface area (Å²) >= 11 is 0. The summed E-state index contributed by atoms with van der Waals surface area (Å²) < 4.78 is 20.8. The van der Waals surface area contributed by atoms with Gasteiger partial charge in [-0.2, -0.15) is 9.65 Å². The van der Waals surface area contributed by atoms with Gasteiger partial charge in [0.25, 0.3) is 5.56 Å². The predicted octanol–water partition coefficient (Wildman–Crippen LogP) is 2.80. The number of nitriles is 1. The maximum atomic E-state index is 13.7. The van der Waals surface area contributed by atoms with Crippen LogP contribution in [0.3, 0.4) is 0 Å². The van der Waals surface area contributed by atoms with Crippen molar-refractivity contribution < 1.29 is 9.13 Å². The van der Waals surface area contributed by atoms with Crippen LogP contribution >= 0.6 is 0 Å². The third kappa shape index (κ3) is 4.38. The van der Waals surface area contributed by atoms with Gasteiger partial charge in [-0.25, -0.2) is 9.78 Å². The molecule has 154 valence electrons. The molecule has 0 saturated heterocycles. The summed E-state index contributed by atoms with van der Waals surface area (Å²) in [6, 6.07) is 9.50. The van der Waals surface area contributed by atoms with Crippen LogP contribution in [0.5, 0.6) is 11.6 Å². The van der Waals surface area contributed by atoms with Crippen molar-refractivity contribution in [3.8, 4) is 17.7 Å². The maximum absolute atomic E-state index is 13.7. The first-order valence-electron chi connectivity index (χ1n) is 9.16. The maximum Gasteiger partial charge on any atom is 0.331 e. The lowest BCUT2D eigenvalue weighted by molar-refractivity contribution is 0.409. The zero-order chi connectivity index (χ0) is 22.0. The van der Waals surface area contributed by atoms with E-state index in [-0.39, 0.29) is 29.7 Å². The smallest absolute Gasteiger partial charge is 0.331 e. The number of benzene rings is 1. The van der Waals surface area contributed by atoms with E-state index in [1.807, 2.05) is 6.07 Å². The molecule has 2 aromatic heterocycles. The van der Waals surface area contributed by atoms with E-state index in [1.54, 1.807) is 32.9 Å². The highest BCUT2D eigenvalue weighted by molar-refractivity contribution is 5.43. The van der Waals surface area contributed by atoms with E-state index in [0.717, 1.165) is 11.6 Å². The molecule has 2 heterocycles. The molecule has 30 heavy (non-hydrogen) atoms. The summed E-state index contributed by atoms with van der Waals surface area (Å²) in [5.74, 6) is -0.788. The number of rotatable bonds is 5. The summed E-state index contributed by atoms with van der Waals surface area (Å²) in [5, 5.41) is 9.22. The molecule has 0 saturated carbocycles. The number of hydrogen-bond donors (Lipinski definition) is 2. The molecule has 9 heteroatoms. The second kappa shape index (κ2) is 8.21. The van der Waals surface area contributed by atoms with Gasteiger partial charge in [0.1, 0.15) is 11.6 Å². The molecule has 0 atom stereocenters. The first kappa shape index (κ1) is 20.8. The number of ether oxygens (including phenoxy) is 1. The van der Waals surface area contributed by atoms with Gasteiger partial charge in [-0.3, -0.25) is 14.3 Å². The monoisotopic (exact) mass is 409 g/mol. The van der Waals surface area contributed by atoms with Gasteiger partial charge in [-0.05, 0) is 54.3 Å². The third-order valence-corrected chi connectivity index (χ3v) is 4.37. The Hall–Kier alpha value is -3.93. The van der Waals surface area contributed by atoms with Gasteiger partial charge in [0.2, 0.25) is 11.8 Å². The van der Waals surface area contributed by atoms with Crippen molar-refractivity contribution in [3.63, 3.8) is 0 Å². The van der Waals surface area contributed by atoms with Crippen LogP contribution < -0.4 is 21.7 Å². The van der Waals surface area contributed by atoms with Crippen LogP contribution in [-0.4, -0.2) is 14.5 Å². The van der Waals surface area contributed by atoms with Crippen molar-refractivity contribution in [2.45, 2.75) is 33.2 Å². The van der Waals surface area contributed by atoms with Gasteiger partial charge in [0.15, 0.2) is 0 Å². The molecule has 3 rings (SSSR count). The van der Waals surface area contributed by atoms with E-state index >= 15 is 0 Å². The van der Waals surface area contributed by atoms with Crippen molar-refractivity contribution in [1.29, 1.82) is 5.26 Å². The molecule has 0 aliphatic carbocycles. The van der Waals surface area contributed by atoms with Gasteiger partial charge in [0.05, 0.1) is 23.7 Å². The lowest BCUT2D eigenvalue weighted by Crippen LogP contribution is -2.34. The number of aryl methyl sites for hydroxylation is 1. The number of nitrogen functional groups attached to an aromatic ring is 1. The van der Waals surface area contributed by atoms with E-state index in [2.05, 4.69) is 9.97 Å². The minimum Gasteiger partial charge on any atom is -0.440 e. The molecule has 3 aromatic rings. The van der Waals surface area contributed by atoms with Crippen LogP contribution in [-0.2, 0) is 6.54 Å². The van der Waals surface area contributed by atoms with E-state index in [9.17, 15) is 19.2 Å². The SMILES string of the molecule is Cc1cc(C#N)cc(Oc2c(C(C)C)c(=O)[nH]c(=O)n2Cc2cc(N)nc(F)c2)c1. The number of halogens is 1. The lowest BCUT2D eigenvalue weighted by atomic mass is 10.1. The number of aromatic nitrogens is 3. The van der Waals surface area contributed by atoms with Crippen LogP contribution in [0.25, 0.3) is 0 Å². The van der Waals surface area contributed by atoms with Gasteiger partial charge in [-0.1, -0.05) is 13.8 Å². The molecular weight excluding hydrogens is 389 g/mol. The quantitative estimate of drug-likeness (QED) is 0.624. The van der Waals surface area contributed by atoms with Crippen LogP contribution in [0.1, 0.15) is 42.0 Å². The molecule has 0 bridgehead atoms. The van der Waals surface area contributed by atoms with E-state index in [4.69, 9.17) is 10.5 Å². The zero-order valence-electron chi connectivity index (χ0n) is 16.7. The lowest BCUT2D eigenvalue weighted by Gasteiger charge is -2.19. The Morgan fingerprint density at radius 3 is 2.63 bits per heavy atom. The summed E-state index contributed by atoms with van der Waals surface area (Å²) in [4.78, 5) is 30.9. The Bertz CT molecular complexity index is 1250. The molecular formula is C21H20FN5O3. The third-order valence-electron chi connectivity index (χ3n) is 4.37. The number of nitrogens with zero attached hydrogens (tertiary/aromatic N) is 3. The van der Waals surface area contributed by atoms with Crippen molar-refractivity contribution in [2.24, 2.45) is 0 Å². The topological polar surface area (TPSA) is 127 Å². The number of nitrogens with two attached hydrogens (primary N) is 1. The van der Waals surface area contributed by atoms with Gasteiger partial charge >= 0.3 is 5.69 Å². The Balaban J connectivity index is 2.21. The van der Waals surface area contributed by atoms with E-state index in [0.29, 0.717) is 16.9 Å². The highest BCUT2D eigenvalue weighted by Gasteiger charge is 2.21. The second-order valence-corrected chi connectivity index (χ2v) is 7.19. The largest absolute Gasteiger partial charge is 0.440 e. The molecule has 0 unspecified atom stereocenters. The van der Waals surface area contributed by atoms with Crippen LogP contribution in [0.15, 0.2) is 39.9 Å². The Kier molecular flexibility index (Phi) is 5.69. The Morgan fingerprint density at radius 1 is 1.27 bits per heavy atom. The van der Waals surface area contributed by atoms with Crippen molar-refractivity contribution in [1.82, 2.24) is 14.5 Å². The fourth-order valence-corrected chi connectivity index (χ4v) is 3.16. The fourth-order valence-electron chi connectivity index (χ4n) is 3.16. The second-order valence-electron chi connectivity index (χ2n) is 7.19. The standard InChI is InChI=1S/C21H20FN5O3/c1-11(2)18-19(28)26-21(29)27(10-14-7-16(22)25-17(24)8-14)20(18)30-15-5-12(3)4-13(6-15)9-23/h4-8,11H,10H2,1-3H3,(H2,24,25)(H,26,28,29). The van der Waals surface area contributed by atoms with Gasteiger partial charge < -0.3 is 10.5 Å². The molecule has 3 N–H and O–H groups in total. The number of hydrogen-bond acceptors (Lipinski definition) is 6. The van der Waals surface area contributed by atoms with Crippen LogP contribution in [0, 0.1) is 24.2 Å². The summed E-state index contributed by atoms with van der Waals surface area (Å²) in [5.41, 5.74) is 6.08. The molecule has 1 aromatic carbocycles. The highest BCUT2D eigenvalue weighted by atomic mass is 19.1. The van der Waals surface area contributed by atoms with Gasteiger partial charge in [0, 0.05) is 0 Å². The molecule has 8 nitrogen and oxygen atoms in total. The molecule has 0 fully saturated rings. The van der Waals surface area contributed by atoms with Crippen molar-refractivity contribution in [2.75, 3.05) is 5.73 Å². The van der Waals surface area contributed by atoms with E-state index in [1.165, 1.54) is 16.7 Å². The van der Waals surface area contributed by atoms with E-state index < -0.39 is 17.2 Å². The Morgan fingerprint density at radius 2 is 2.00 bits per heavy atom. The molecule has 0 amide bonds. The predicted molar refractivity (Wildman–Crippen MR) is 109 cm³/mol. The normalized spacial score (nSPS) is 10.8. The fraction of sp³-hybridized carbons (Fsp3) is 0.238. The minimum absolute atomic E-state index is 0.0176.